The summed E-state index contributed by atoms with van der Waals surface area (Å²) < 4.78 is 5.64. The number of rotatable bonds is 7. The molecule has 0 aliphatic carbocycles. The van der Waals surface area contributed by atoms with Crippen LogP contribution in [0.1, 0.15) is 36.5 Å². The van der Waals surface area contributed by atoms with Gasteiger partial charge in [-0.15, -0.1) is 11.3 Å². The zero-order valence-corrected chi connectivity index (χ0v) is 13.1. The lowest BCUT2D eigenvalue weighted by Crippen LogP contribution is -2.07. The fraction of sp³-hybridized carbons (Fsp3) is 0.375. The molecule has 0 aliphatic heterocycles. The lowest BCUT2D eigenvalue weighted by Gasteiger charge is -2.14. The predicted molar refractivity (Wildman–Crippen MR) is 85.7 cm³/mol. The molecule has 0 saturated carbocycles. The Morgan fingerprint density at radius 1 is 1.48 bits per heavy atom. The Labute approximate surface area is 129 Å². The molecule has 1 aromatic heterocycles. The van der Waals surface area contributed by atoms with Crippen LogP contribution < -0.4 is 10.1 Å². The molecular weight excluding hydrogens is 282 g/mol. The van der Waals surface area contributed by atoms with Crippen molar-refractivity contribution in [3.05, 3.63) is 40.3 Å². The van der Waals surface area contributed by atoms with Gasteiger partial charge in [-0.3, -0.25) is 0 Å². The van der Waals surface area contributed by atoms with Crippen LogP contribution in [0.5, 0.6) is 5.75 Å². The Balaban J connectivity index is 1.93. The first-order valence-electron chi connectivity index (χ1n) is 6.97. The molecule has 0 amide bonds. The number of benzene rings is 1. The van der Waals surface area contributed by atoms with E-state index >= 15 is 0 Å². The van der Waals surface area contributed by atoms with Gasteiger partial charge in [-0.2, -0.15) is 5.26 Å². The van der Waals surface area contributed by atoms with E-state index in [0.29, 0.717) is 13.0 Å². The number of nitrogens with one attached hydrogen (secondary N) is 1. The number of anilines is 1. The minimum absolute atomic E-state index is 0.156. The van der Waals surface area contributed by atoms with Crippen molar-refractivity contribution in [3.63, 3.8) is 0 Å². The molecule has 4 nitrogen and oxygen atoms in total. The van der Waals surface area contributed by atoms with Gasteiger partial charge >= 0.3 is 0 Å². The molecule has 1 unspecified atom stereocenters. The molecule has 0 saturated heterocycles. The van der Waals surface area contributed by atoms with Crippen LogP contribution in [0, 0.1) is 18.3 Å². The van der Waals surface area contributed by atoms with Crippen molar-refractivity contribution in [1.29, 1.82) is 5.26 Å². The number of aromatic nitrogens is 1. The average Bonchev–Trinajstić information content (AvgIpc) is 2.91. The van der Waals surface area contributed by atoms with E-state index in [-0.39, 0.29) is 6.04 Å². The number of nitrogens with zero attached hydrogens (tertiary/aromatic N) is 2. The van der Waals surface area contributed by atoms with Crippen LogP contribution in [0.4, 0.5) is 5.69 Å². The highest BCUT2D eigenvalue weighted by Gasteiger charge is 2.09. The summed E-state index contributed by atoms with van der Waals surface area (Å²) in [5.41, 5.74) is 2.06. The Kier molecular flexibility index (Phi) is 5.59. The van der Waals surface area contributed by atoms with Crippen LogP contribution in [0.2, 0.25) is 0 Å². The normalized spacial score (nSPS) is 11.7. The molecule has 21 heavy (non-hydrogen) atoms. The van der Waals surface area contributed by atoms with Gasteiger partial charge in [-0.1, -0.05) is 6.07 Å². The summed E-state index contributed by atoms with van der Waals surface area (Å²) in [6.07, 6.45) is 1.28. The number of hydrogen-bond donors (Lipinski definition) is 1. The van der Waals surface area contributed by atoms with Crippen molar-refractivity contribution in [1.82, 2.24) is 4.98 Å². The Morgan fingerprint density at radius 2 is 2.33 bits per heavy atom. The second-order valence-corrected chi connectivity index (χ2v) is 5.86. The van der Waals surface area contributed by atoms with Crippen LogP contribution in [0.15, 0.2) is 29.6 Å². The van der Waals surface area contributed by atoms with Crippen molar-refractivity contribution < 1.29 is 4.74 Å². The summed E-state index contributed by atoms with van der Waals surface area (Å²) in [6.45, 7) is 4.67. The lowest BCUT2D eigenvalue weighted by molar-refractivity contribution is 0.313. The second kappa shape index (κ2) is 7.65. The minimum atomic E-state index is 0.156. The molecule has 1 atom stereocenters. The first kappa shape index (κ1) is 15.3. The average molecular weight is 301 g/mol. The largest absolute Gasteiger partial charge is 0.493 e. The molecule has 0 spiro atoms. The van der Waals surface area contributed by atoms with E-state index in [9.17, 15) is 0 Å². The topological polar surface area (TPSA) is 57.9 Å². The van der Waals surface area contributed by atoms with Crippen LogP contribution in [-0.2, 0) is 0 Å². The summed E-state index contributed by atoms with van der Waals surface area (Å²) >= 11 is 1.66. The number of thiazole rings is 1. The van der Waals surface area contributed by atoms with Gasteiger partial charge in [0.05, 0.1) is 29.4 Å². The monoisotopic (exact) mass is 301 g/mol. The quantitative estimate of drug-likeness (QED) is 0.774. The molecule has 2 aromatic rings. The Morgan fingerprint density at radius 3 is 3.05 bits per heavy atom. The van der Waals surface area contributed by atoms with Crippen LogP contribution >= 0.6 is 11.3 Å². The molecule has 110 valence electrons. The molecule has 1 heterocycles. The van der Waals surface area contributed by atoms with Crippen LogP contribution in [0.3, 0.4) is 0 Å². The predicted octanol–water partition coefficient (Wildman–Crippen LogP) is 4.31. The third-order valence-corrected chi connectivity index (χ3v) is 3.79. The van der Waals surface area contributed by atoms with E-state index in [2.05, 4.69) is 28.7 Å². The van der Waals surface area contributed by atoms with E-state index < -0.39 is 0 Å². The molecule has 0 fully saturated rings. The first-order valence-corrected chi connectivity index (χ1v) is 7.85. The van der Waals surface area contributed by atoms with Gasteiger partial charge in [0.25, 0.3) is 0 Å². The highest BCUT2D eigenvalue weighted by molar-refractivity contribution is 7.09. The number of unbranched alkanes of at least 4 members (excludes halogenated alkanes) is 1. The third kappa shape index (κ3) is 4.76. The highest BCUT2D eigenvalue weighted by atomic mass is 32.1. The maximum Gasteiger partial charge on any atom is 0.121 e. The van der Waals surface area contributed by atoms with Crippen molar-refractivity contribution in [3.8, 4) is 11.8 Å². The Bertz CT molecular complexity index is 618. The van der Waals surface area contributed by atoms with Crippen molar-refractivity contribution >= 4 is 17.0 Å². The van der Waals surface area contributed by atoms with Gasteiger partial charge in [0.2, 0.25) is 0 Å². The number of nitriles is 1. The molecular formula is C16H19N3OS. The summed E-state index contributed by atoms with van der Waals surface area (Å²) in [4.78, 5) is 4.49. The van der Waals surface area contributed by atoms with Gasteiger partial charge < -0.3 is 10.1 Å². The molecule has 1 N–H and O–H groups in total. The fourth-order valence-corrected chi connectivity index (χ4v) is 2.63. The van der Waals surface area contributed by atoms with Crippen LogP contribution in [-0.4, -0.2) is 11.6 Å². The van der Waals surface area contributed by atoms with E-state index in [1.807, 2.05) is 31.2 Å². The van der Waals surface area contributed by atoms with Crippen molar-refractivity contribution in [2.24, 2.45) is 0 Å². The fourth-order valence-electron chi connectivity index (χ4n) is 1.92. The van der Waals surface area contributed by atoms with E-state index in [1.54, 1.807) is 11.3 Å². The smallest absolute Gasteiger partial charge is 0.121 e. The second-order valence-electron chi connectivity index (χ2n) is 4.80. The summed E-state index contributed by atoms with van der Waals surface area (Å²) in [5, 5.41) is 15.1. The standard InChI is InChI=1S/C16H19N3OS/c1-12(16-11-21-13(2)19-16)18-14-6-5-7-15(10-14)20-9-4-3-8-17/h5-7,10-12,18H,3-4,9H2,1-2H3. The first-order chi connectivity index (χ1) is 10.2. The van der Waals surface area contributed by atoms with E-state index in [4.69, 9.17) is 10.00 Å². The van der Waals surface area contributed by atoms with Gasteiger partial charge in [0.15, 0.2) is 0 Å². The maximum absolute atomic E-state index is 8.50. The zero-order valence-electron chi connectivity index (χ0n) is 12.3. The summed E-state index contributed by atoms with van der Waals surface area (Å²) in [5.74, 6) is 0.819. The maximum atomic E-state index is 8.50. The van der Waals surface area contributed by atoms with E-state index in [0.717, 1.165) is 28.6 Å². The van der Waals surface area contributed by atoms with Gasteiger partial charge in [0.1, 0.15) is 5.75 Å². The highest BCUT2D eigenvalue weighted by Crippen LogP contribution is 2.23. The lowest BCUT2D eigenvalue weighted by atomic mass is 10.2. The minimum Gasteiger partial charge on any atom is -0.493 e. The molecule has 1 aromatic carbocycles. The number of hydrogen-bond acceptors (Lipinski definition) is 5. The zero-order chi connectivity index (χ0) is 15.1. The molecule has 0 radical (unpaired) electrons. The number of aryl methyl sites for hydroxylation is 1. The molecule has 5 heteroatoms. The van der Waals surface area contributed by atoms with Crippen molar-refractivity contribution in [2.45, 2.75) is 32.7 Å². The Hall–Kier alpha value is -2.06. The molecule has 0 bridgehead atoms. The SMILES string of the molecule is Cc1nc(C(C)Nc2cccc(OCCCC#N)c2)cs1. The van der Waals surface area contributed by atoms with E-state index in [1.165, 1.54) is 0 Å². The molecule has 2 rings (SSSR count). The summed E-state index contributed by atoms with van der Waals surface area (Å²) in [6, 6.07) is 10.1. The third-order valence-electron chi connectivity index (χ3n) is 3.00. The van der Waals surface area contributed by atoms with Gasteiger partial charge in [-0.05, 0) is 32.4 Å². The molecule has 0 aliphatic rings. The van der Waals surface area contributed by atoms with Crippen LogP contribution in [0.25, 0.3) is 0 Å². The number of ether oxygens (including phenoxy) is 1. The summed E-state index contributed by atoms with van der Waals surface area (Å²) in [7, 11) is 0. The van der Waals surface area contributed by atoms with Gasteiger partial charge in [-0.25, -0.2) is 4.98 Å². The van der Waals surface area contributed by atoms with Crippen molar-refractivity contribution in [2.75, 3.05) is 11.9 Å². The van der Waals surface area contributed by atoms with Gasteiger partial charge in [0, 0.05) is 23.6 Å².